The molecule has 1 aliphatic heterocycles. The zero-order valence-electron chi connectivity index (χ0n) is 9.53. The van der Waals surface area contributed by atoms with Crippen LogP contribution in [0.5, 0.6) is 0 Å². The number of carbonyl (C=O) groups is 1. The lowest BCUT2D eigenvalue weighted by atomic mass is 10.1. The SMILES string of the molecule is CC(C)C(C)N1Cc2ccccc2C1=O. The summed E-state index contributed by atoms with van der Waals surface area (Å²) in [6.45, 7) is 7.20. The third-order valence-corrected chi connectivity index (χ3v) is 3.31. The van der Waals surface area contributed by atoms with Crippen molar-refractivity contribution in [2.45, 2.75) is 33.4 Å². The zero-order valence-corrected chi connectivity index (χ0v) is 9.53. The molecule has 1 heterocycles. The first-order valence-electron chi connectivity index (χ1n) is 5.50. The van der Waals surface area contributed by atoms with Gasteiger partial charge in [-0.15, -0.1) is 0 Å². The van der Waals surface area contributed by atoms with Crippen molar-refractivity contribution >= 4 is 5.91 Å². The van der Waals surface area contributed by atoms with Crippen LogP contribution in [0.2, 0.25) is 0 Å². The lowest BCUT2D eigenvalue weighted by Crippen LogP contribution is -2.36. The fourth-order valence-corrected chi connectivity index (χ4v) is 1.97. The van der Waals surface area contributed by atoms with Crippen LogP contribution >= 0.6 is 0 Å². The second kappa shape index (κ2) is 3.69. The Morgan fingerprint density at radius 3 is 2.47 bits per heavy atom. The van der Waals surface area contributed by atoms with Crippen LogP contribution in [0.25, 0.3) is 0 Å². The number of carbonyl (C=O) groups excluding carboxylic acids is 1. The van der Waals surface area contributed by atoms with Crippen LogP contribution in [0.4, 0.5) is 0 Å². The van der Waals surface area contributed by atoms with Gasteiger partial charge in [0.05, 0.1) is 0 Å². The van der Waals surface area contributed by atoms with E-state index in [2.05, 4.69) is 20.8 Å². The number of hydrogen-bond acceptors (Lipinski definition) is 1. The normalized spacial score (nSPS) is 17.1. The second-order valence-electron chi connectivity index (χ2n) is 4.57. The largest absolute Gasteiger partial charge is 0.331 e. The molecule has 0 aliphatic carbocycles. The maximum atomic E-state index is 12.1. The second-order valence-corrected chi connectivity index (χ2v) is 4.57. The van der Waals surface area contributed by atoms with E-state index in [9.17, 15) is 4.79 Å². The minimum absolute atomic E-state index is 0.187. The standard InChI is InChI=1S/C13H17NO/c1-9(2)10(3)14-8-11-6-4-5-7-12(11)13(14)15/h4-7,9-10H,8H2,1-3H3. The third kappa shape index (κ3) is 1.65. The van der Waals surface area contributed by atoms with Gasteiger partial charge in [0.15, 0.2) is 0 Å². The Morgan fingerprint density at radius 1 is 1.20 bits per heavy atom. The first kappa shape index (κ1) is 10.2. The number of fused-ring (bicyclic) bond motifs is 1. The van der Waals surface area contributed by atoms with Crippen LogP contribution in [0.1, 0.15) is 36.7 Å². The minimum atomic E-state index is 0.187. The van der Waals surface area contributed by atoms with E-state index in [1.54, 1.807) is 0 Å². The molecule has 0 saturated heterocycles. The van der Waals surface area contributed by atoms with Gasteiger partial charge in [0, 0.05) is 18.2 Å². The molecular weight excluding hydrogens is 186 g/mol. The summed E-state index contributed by atoms with van der Waals surface area (Å²) in [7, 11) is 0. The van der Waals surface area contributed by atoms with Crippen molar-refractivity contribution in [2.24, 2.45) is 5.92 Å². The average Bonchev–Trinajstić information content (AvgIpc) is 2.56. The maximum Gasteiger partial charge on any atom is 0.254 e. The van der Waals surface area contributed by atoms with Gasteiger partial charge in [-0.2, -0.15) is 0 Å². The van der Waals surface area contributed by atoms with Crippen molar-refractivity contribution in [2.75, 3.05) is 0 Å². The highest BCUT2D eigenvalue weighted by Crippen LogP contribution is 2.26. The highest BCUT2D eigenvalue weighted by molar-refractivity contribution is 5.98. The van der Waals surface area contributed by atoms with Gasteiger partial charge in [0.25, 0.3) is 5.91 Å². The Kier molecular flexibility index (Phi) is 2.51. The van der Waals surface area contributed by atoms with E-state index in [1.165, 1.54) is 0 Å². The summed E-state index contributed by atoms with van der Waals surface area (Å²) in [5, 5.41) is 0. The summed E-state index contributed by atoms with van der Waals surface area (Å²) in [6.07, 6.45) is 0. The first-order chi connectivity index (χ1) is 7.11. The van der Waals surface area contributed by atoms with E-state index in [1.807, 2.05) is 29.2 Å². The number of benzene rings is 1. The van der Waals surface area contributed by atoms with E-state index in [4.69, 9.17) is 0 Å². The molecule has 80 valence electrons. The lowest BCUT2D eigenvalue weighted by Gasteiger charge is -2.27. The van der Waals surface area contributed by atoms with Gasteiger partial charge in [-0.05, 0) is 24.5 Å². The molecule has 0 N–H and O–H groups in total. The Bertz CT molecular complexity index is 384. The Balaban J connectivity index is 2.27. The average molecular weight is 203 g/mol. The molecule has 1 aliphatic rings. The summed E-state index contributed by atoms with van der Waals surface area (Å²) in [6, 6.07) is 8.20. The van der Waals surface area contributed by atoms with Crippen molar-refractivity contribution in [1.82, 2.24) is 4.90 Å². The van der Waals surface area contributed by atoms with Gasteiger partial charge < -0.3 is 4.90 Å². The van der Waals surface area contributed by atoms with Crippen LogP contribution in [-0.2, 0) is 6.54 Å². The van der Waals surface area contributed by atoms with Gasteiger partial charge in [-0.1, -0.05) is 32.0 Å². The van der Waals surface area contributed by atoms with E-state index in [0.717, 1.165) is 17.7 Å². The number of hydrogen-bond donors (Lipinski definition) is 0. The van der Waals surface area contributed by atoms with Gasteiger partial charge >= 0.3 is 0 Å². The molecule has 1 aromatic rings. The van der Waals surface area contributed by atoms with Gasteiger partial charge in [-0.3, -0.25) is 4.79 Å². The highest BCUT2D eigenvalue weighted by Gasteiger charge is 2.31. The molecule has 15 heavy (non-hydrogen) atoms. The molecule has 2 nitrogen and oxygen atoms in total. The van der Waals surface area contributed by atoms with Crippen molar-refractivity contribution in [3.05, 3.63) is 35.4 Å². The molecule has 1 atom stereocenters. The van der Waals surface area contributed by atoms with E-state index in [0.29, 0.717) is 12.0 Å². The molecular formula is C13H17NO. The molecule has 1 aromatic carbocycles. The Morgan fingerprint density at radius 2 is 1.87 bits per heavy atom. The third-order valence-electron chi connectivity index (χ3n) is 3.31. The molecule has 2 rings (SSSR count). The highest BCUT2D eigenvalue weighted by atomic mass is 16.2. The Labute approximate surface area is 90.9 Å². The minimum Gasteiger partial charge on any atom is -0.331 e. The smallest absolute Gasteiger partial charge is 0.254 e. The molecule has 0 spiro atoms. The van der Waals surface area contributed by atoms with Crippen molar-refractivity contribution in [3.63, 3.8) is 0 Å². The van der Waals surface area contributed by atoms with E-state index in [-0.39, 0.29) is 5.91 Å². The quantitative estimate of drug-likeness (QED) is 0.723. The summed E-state index contributed by atoms with van der Waals surface area (Å²) in [5.41, 5.74) is 2.04. The molecule has 0 saturated carbocycles. The fraction of sp³-hybridized carbons (Fsp3) is 0.462. The molecule has 2 heteroatoms. The van der Waals surface area contributed by atoms with Crippen molar-refractivity contribution in [3.8, 4) is 0 Å². The van der Waals surface area contributed by atoms with Crippen LogP contribution < -0.4 is 0 Å². The summed E-state index contributed by atoms with van der Waals surface area (Å²) >= 11 is 0. The summed E-state index contributed by atoms with van der Waals surface area (Å²) in [4.78, 5) is 14.0. The van der Waals surface area contributed by atoms with Crippen LogP contribution in [0.15, 0.2) is 24.3 Å². The van der Waals surface area contributed by atoms with E-state index >= 15 is 0 Å². The molecule has 1 unspecified atom stereocenters. The molecule has 0 radical (unpaired) electrons. The maximum absolute atomic E-state index is 12.1. The topological polar surface area (TPSA) is 20.3 Å². The van der Waals surface area contributed by atoms with Crippen LogP contribution in [0.3, 0.4) is 0 Å². The predicted molar refractivity (Wildman–Crippen MR) is 60.6 cm³/mol. The molecule has 0 aromatic heterocycles. The number of nitrogens with zero attached hydrogens (tertiary/aromatic N) is 1. The van der Waals surface area contributed by atoms with Gasteiger partial charge in [0.1, 0.15) is 0 Å². The van der Waals surface area contributed by atoms with E-state index < -0.39 is 0 Å². The summed E-state index contributed by atoms with van der Waals surface area (Å²) < 4.78 is 0. The predicted octanol–water partition coefficient (Wildman–Crippen LogP) is 2.69. The first-order valence-corrected chi connectivity index (χ1v) is 5.50. The van der Waals surface area contributed by atoms with Gasteiger partial charge in [0.2, 0.25) is 0 Å². The zero-order chi connectivity index (χ0) is 11.0. The summed E-state index contributed by atoms with van der Waals surface area (Å²) in [5.74, 6) is 0.690. The molecule has 0 bridgehead atoms. The van der Waals surface area contributed by atoms with Gasteiger partial charge in [-0.25, -0.2) is 0 Å². The van der Waals surface area contributed by atoms with Crippen LogP contribution in [0, 0.1) is 5.92 Å². The Hall–Kier alpha value is -1.31. The van der Waals surface area contributed by atoms with Crippen molar-refractivity contribution < 1.29 is 4.79 Å². The molecule has 0 fully saturated rings. The fourth-order valence-electron chi connectivity index (χ4n) is 1.97. The number of amides is 1. The lowest BCUT2D eigenvalue weighted by molar-refractivity contribution is 0.0673. The monoisotopic (exact) mass is 203 g/mol. The van der Waals surface area contributed by atoms with Crippen molar-refractivity contribution in [1.29, 1.82) is 0 Å². The van der Waals surface area contributed by atoms with Crippen LogP contribution in [-0.4, -0.2) is 16.8 Å². The number of rotatable bonds is 2. The molecule has 1 amide bonds.